The van der Waals surface area contributed by atoms with E-state index in [1.165, 1.54) is 10.7 Å². The number of halogens is 3. The van der Waals surface area contributed by atoms with E-state index in [0.717, 1.165) is 12.1 Å². The molecule has 4 aromatic rings. The number of rotatable bonds is 4. The SMILES string of the molecule is Cc1cc(C(=O)Nc2ccn(Cc3cccc(C(F)(F)F)c3)n2)c2c(C)nn(C)c2n1. The van der Waals surface area contributed by atoms with Crippen LogP contribution in [0.2, 0.25) is 0 Å². The number of amides is 1. The van der Waals surface area contributed by atoms with Gasteiger partial charge in [-0.15, -0.1) is 0 Å². The van der Waals surface area contributed by atoms with Gasteiger partial charge in [-0.1, -0.05) is 12.1 Å². The topological polar surface area (TPSA) is 77.6 Å². The standard InChI is InChI=1S/C21H19F3N6O/c1-12-9-16(18-13(2)27-29(3)19(18)25-12)20(31)26-17-7-8-30(28-17)11-14-5-4-6-15(10-14)21(22,23)24/h4-10H,11H2,1-3H3,(H,26,28,31). The van der Waals surface area contributed by atoms with Crippen LogP contribution in [0.1, 0.15) is 32.9 Å². The van der Waals surface area contributed by atoms with Crippen molar-refractivity contribution in [3.05, 3.63) is 70.7 Å². The van der Waals surface area contributed by atoms with Crippen LogP contribution in [-0.2, 0) is 19.8 Å². The van der Waals surface area contributed by atoms with Gasteiger partial charge in [0.1, 0.15) is 0 Å². The van der Waals surface area contributed by atoms with Gasteiger partial charge in [0.05, 0.1) is 28.8 Å². The Hall–Kier alpha value is -3.69. The summed E-state index contributed by atoms with van der Waals surface area (Å²) in [5.74, 6) is -0.0722. The lowest BCUT2D eigenvalue weighted by atomic mass is 10.1. The molecule has 7 nitrogen and oxygen atoms in total. The Labute approximate surface area is 175 Å². The maximum atomic E-state index is 12.9. The molecule has 31 heavy (non-hydrogen) atoms. The lowest BCUT2D eigenvalue weighted by molar-refractivity contribution is -0.137. The van der Waals surface area contributed by atoms with Crippen LogP contribution in [0, 0.1) is 13.8 Å². The molecule has 0 saturated heterocycles. The molecule has 10 heteroatoms. The highest BCUT2D eigenvalue weighted by atomic mass is 19.4. The molecule has 1 N–H and O–H groups in total. The first-order valence-electron chi connectivity index (χ1n) is 9.44. The average Bonchev–Trinajstić information content (AvgIpc) is 3.24. The molecule has 4 rings (SSSR count). The summed E-state index contributed by atoms with van der Waals surface area (Å²) in [5, 5.41) is 12.0. The molecule has 0 bridgehead atoms. The number of carbonyl (C=O) groups excluding carboxylic acids is 1. The Morgan fingerprint density at radius 3 is 2.65 bits per heavy atom. The summed E-state index contributed by atoms with van der Waals surface area (Å²) in [4.78, 5) is 17.4. The van der Waals surface area contributed by atoms with Crippen LogP contribution in [0.3, 0.4) is 0 Å². The zero-order chi connectivity index (χ0) is 22.3. The number of nitrogens with zero attached hydrogens (tertiary/aromatic N) is 5. The number of alkyl halides is 3. The summed E-state index contributed by atoms with van der Waals surface area (Å²) in [6.07, 6.45) is -2.81. The van der Waals surface area contributed by atoms with Crippen LogP contribution in [0.25, 0.3) is 11.0 Å². The van der Waals surface area contributed by atoms with E-state index in [0.29, 0.717) is 39.4 Å². The molecule has 0 spiro atoms. The van der Waals surface area contributed by atoms with Crippen molar-refractivity contribution >= 4 is 22.8 Å². The quantitative estimate of drug-likeness (QED) is 0.531. The van der Waals surface area contributed by atoms with Crippen LogP contribution < -0.4 is 5.32 Å². The molecular weight excluding hydrogens is 409 g/mol. The smallest absolute Gasteiger partial charge is 0.305 e. The van der Waals surface area contributed by atoms with Gasteiger partial charge in [-0.2, -0.15) is 23.4 Å². The second-order valence-corrected chi connectivity index (χ2v) is 7.27. The van der Waals surface area contributed by atoms with E-state index in [9.17, 15) is 18.0 Å². The molecule has 0 aliphatic rings. The third-order valence-corrected chi connectivity index (χ3v) is 4.82. The van der Waals surface area contributed by atoms with Crippen molar-refractivity contribution in [1.82, 2.24) is 24.5 Å². The van der Waals surface area contributed by atoms with Crippen LogP contribution in [0.15, 0.2) is 42.6 Å². The molecule has 3 heterocycles. The fourth-order valence-electron chi connectivity index (χ4n) is 3.48. The fourth-order valence-corrected chi connectivity index (χ4v) is 3.48. The van der Waals surface area contributed by atoms with Gasteiger partial charge in [0.2, 0.25) is 0 Å². The molecule has 0 atom stereocenters. The second-order valence-electron chi connectivity index (χ2n) is 7.27. The molecule has 0 fully saturated rings. The number of hydrogen-bond acceptors (Lipinski definition) is 4. The highest BCUT2D eigenvalue weighted by Crippen LogP contribution is 2.29. The third-order valence-electron chi connectivity index (χ3n) is 4.82. The van der Waals surface area contributed by atoms with Crippen LogP contribution in [0.4, 0.5) is 19.0 Å². The predicted octanol–water partition coefficient (Wildman–Crippen LogP) is 4.10. The molecule has 0 unspecified atom stereocenters. The Morgan fingerprint density at radius 1 is 1.13 bits per heavy atom. The van der Waals surface area contributed by atoms with E-state index >= 15 is 0 Å². The minimum absolute atomic E-state index is 0.139. The second kappa shape index (κ2) is 7.53. The minimum atomic E-state index is -4.41. The first kappa shape index (κ1) is 20.6. The van der Waals surface area contributed by atoms with Gasteiger partial charge in [-0.25, -0.2) is 4.98 Å². The fraction of sp³-hybridized carbons (Fsp3) is 0.238. The van der Waals surface area contributed by atoms with Crippen LogP contribution in [0.5, 0.6) is 0 Å². The van der Waals surface area contributed by atoms with E-state index in [1.807, 2.05) is 0 Å². The first-order valence-corrected chi connectivity index (χ1v) is 9.44. The van der Waals surface area contributed by atoms with E-state index < -0.39 is 11.7 Å². The van der Waals surface area contributed by atoms with Gasteiger partial charge in [-0.3, -0.25) is 14.2 Å². The van der Waals surface area contributed by atoms with E-state index in [-0.39, 0.29) is 12.5 Å². The van der Waals surface area contributed by atoms with Gasteiger partial charge < -0.3 is 5.32 Å². The van der Waals surface area contributed by atoms with Gasteiger partial charge >= 0.3 is 6.18 Å². The summed E-state index contributed by atoms with van der Waals surface area (Å²) in [6, 6.07) is 8.34. The monoisotopic (exact) mass is 428 g/mol. The van der Waals surface area contributed by atoms with E-state index in [4.69, 9.17) is 0 Å². The number of pyridine rings is 1. The lowest BCUT2D eigenvalue weighted by Crippen LogP contribution is -2.14. The van der Waals surface area contributed by atoms with Crippen molar-refractivity contribution in [2.75, 3.05) is 5.32 Å². The first-order chi connectivity index (χ1) is 14.6. The van der Waals surface area contributed by atoms with Crippen molar-refractivity contribution in [3.63, 3.8) is 0 Å². The largest absolute Gasteiger partial charge is 0.416 e. The van der Waals surface area contributed by atoms with E-state index in [1.54, 1.807) is 50.0 Å². The summed E-state index contributed by atoms with van der Waals surface area (Å²) < 4.78 is 41.8. The maximum absolute atomic E-state index is 12.9. The molecule has 0 aliphatic carbocycles. The highest BCUT2D eigenvalue weighted by molar-refractivity contribution is 6.12. The van der Waals surface area contributed by atoms with Crippen molar-refractivity contribution in [3.8, 4) is 0 Å². The normalized spacial score (nSPS) is 11.8. The summed E-state index contributed by atoms with van der Waals surface area (Å²) in [6.45, 7) is 3.74. The Morgan fingerprint density at radius 2 is 1.90 bits per heavy atom. The molecule has 0 aliphatic heterocycles. The molecule has 3 aromatic heterocycles. The predicted molar refractivity (Wildman–Crippen MR) is 109 cm³/mol. The Balaban J connectivity index is 1.55. The third kappa shape index (κ3) is 4.14. The molecular formula is C21H19F3N6O. The number of carbonyl (C=O) groups is 1. The lowest BCUT2D eigenvalue weighted by Gasteiger charge is -2.09. The Bertz CT molecular complexity index is 1290. The van der Waals surface area contributed by atoms with Crippen molar-refractivity contribution in [2.45, 2.75) is 26.6 Å². The summed E-state index contributed by atoms with van der Waals surface area (Å²) >= 11 is 0. The number of aryl methyl sites for hydroxylation is 3. The molecule has 1 amide bonds. The number of aromatic nitrogens is 5. The maximum Gasteiger partial charge on any atom is 0.416 e. The summed E-state index contributed by atoms with van der Waals surface area (Å²) in [7, 11) is 1.76. The van der Waals surface area contributed by atoms with Crippen molar-refractivity contribution < 1.29 is 18.0 Å². The average molecular weight is 428 g/mol. The minimum Gasteiger partial charge on any atom is -0.305 e. The van der Waals surface area contributed by atoms with E-state index in [2.05, 4.69) is 20.5 Å². The number of hydrogen-bond donors (Lipinski definition) is 1. The van der Waals surface area contributed by atoms with Crippen molar-refractivity contribution in [2.24, 2.45) is 7.05 Å². The number of nitrogens with one attached hydrogen (secondary N) is 1. The van der Waals surface area contributed by atoms with Crippen LogP contribution in [-0.4, -0.2) is 30.5 Å². The molecule has 0 radical (unpaired) electrons. The highest BCUT2D eigenvalue weighted by Gasteiger charge is 2.30. The number of benzene rings is 1. The van der Waals surface area contributed by atoms with Gasteiger partial charge in [0.25, 0.3) is 5.91 Å². The molecule has 0 saturated carbocycles. The zero-order valence-electron chi connectivity index (χ0n) is 17.0. The summed E-state index contributed by atoms with van der Waals surface area (Å²) in [5.41, 5.74) is 2.14. The van der Waals surface area contributed by atoms with Crippen molar-refractivity contribution in [1.29, 1.82) is 0 Å². The Kier molecular flexibility index (Phi) is 5.00. The van der Waals surface area contributed by atoms with Gasteiger partial charge in [-0.05, 0) is 37.6 Å². The van der Waals surface area contributed by atoms with Gasteiger partial charge in [0, 0.05) is 25.0 Å². The van der Waals surface area contributed by atoms with Gasteiger partial charge in [0.15, 0.2) is 11.5 Å². The zero-order valence-corrected chi connectivity index (χ0v) is 17.0. The number of fused-ring (bicyclic) bond motifs is 1. The van der Waals surface area contributed by atoms with Crippen LogP contribution >= 0.6 is 0 Å². The number of anilines is 1. The molecule has 160 valence electrons. The molecule has 1 aromatic carbocycles.